The second-order valence-electron chi connectivity index (χ2n) is 6.97. The van der Waals surface area contributed by atoms with E-state index >= 15 is 0 Å². The SMILES string of the molecule is COCCNC(=O)c1nn(-c2cc(Cl)ccc2Cl)c2c1Cc1cc(OC)c(OC)cc1-2. The molecule has 7 nitrogen and oxygen atoms in total. The van der Waals surface area contributed by atoms with Gasteiger partial charge in [0.15, 0.2) is 17.2 Å². The van der Waals surface area contributed by atoms with Crippen LogP contribution in [0.25, 0.3) is 16.9 Å². The smallest absolute Gasteiger partial charge is 0.272 e. The Morgan fingerprint density at radius 2 is 1.87 bits per heavy atom. The molecule has 162 valence electrons. The zero-order valence-electron chi connectivity index (χ0n) is 17.3. The molecule has 4 rings (SSSR count). The Hall–Kier alpha value is -2.74. The maximum absolute atomic E-state index is 12.9. The van der Waals surface area contributed by atoms with Crippen molar-refractivity contribution in [3.63, 3.8) is 0 Å². The maximum atomic E-state index is 12.9. The van der Waals surface area contributed by atoms with Crippen molar-refractivity contribution in [3.05, 3.63) is 57.2 Å². The van der Waals surface area contributed by atoms with Gasteiger partial charge in [-0.1, -0.05) is 23.2 Å². The summed E-state index contributed by atoms with van der Waals surface area (Å²) < 4.78 is 17.6. The Labute approximate surface area is 189 Å². The van der Waals surface area contributed by atoms with Crippen LogP contribution in [0.2, 0.25) is 10.0 Å². The largest absolute Gasteiger partial charge is 0.493 e. The fourth-order valence-corrected chi connectivity index (χ4v) is 4.09. The van der Waals surface area contributed by atoms with Gasteiger partial charge in [0.25, 0.3) is 5.91 Å². The summed E-state index contributed by atoms with van der Waals surface area (Å²) in [7, 11) is 4.76. The number of aromatic nitrogens is 2. The monoisotopic (exact) mass is 461 g/mol. The molecule has 2 aromatic carbocycles. The lowest BCUT2D eigenvalue weighted by Gasteiger charge is -2.13. The molecule has 1 amide bonds. The summed E-state index contributed by atoms with van der Waals surface area (Å²) in [6.07, 6.45) is 0.524. The van der Waals surface area contributed by atoms with Crippen molar-refractivity contribution in [2.75, 3.05) is 34.5 Å². The van der Waals surface area contributed by atoms with Gasteiger partial charge in [-0.05, 0) is 35.9 Å². The van der Waals surface area contributed by atoms with Crippen LogP contribution in [0.15, 0.2) is 30.3 Å². The zero-order valence-corrected chi connectivity index (χ0v) is 18.8. The number of benzene rings is 2. The highest BCUT2D eigenvalue weighted by atomic mass is 35.5. The van der Waals surface area contributed by atoms with E-state index in [0.717, 1.165) is 22.4 Å². The molecule has 0 bridgehead atoms. The first-order chi connectivity index (χ1) is 15.0. The summed E-state index contributed by atoms with van der Waals surface area (Å²) in [4.78, 5) is 12.9. The molecule has 0 fully saturated rings. The summed E-state index contributed by atoms with van der Waals surface area (Å²) in [5.41, 5.74) is 4.39. The van der Waals surface area contributed by atoms with E-state index in [1.54, 1.807) is 44.2 Å². The number of nitrogens with one attached hydrogen (secondary N) is 1. The summed E-state index contributed by atoms with van der Waals surface area (Å²) >= 11 is 12.7. The lowest BCUT2D eigenvalue weighted by atomic mass is 10.1. The average Bonchev–Trinajstić information content (AvgIpc) is 3.31. The molecule has 0 saturated heterocycles. The second-order valence-corrected chi connectivity index (χ2v) is 7.82. The zero-order chi connectivity index (χ0) is 22.1. The highest BCUT2D eigenvalue weighted by Crippen LogP contribution is 2.45. The predicted molar refractivity (Wildman–Crippen MR) is 119 cm³/mol. The molecular weight excluding hydrogens is 441 g/mol. The van der Waals surface area contributed by atoms with Crippen LogP contribution in [-0.2, 0) is 11.2 Å². The number of methoxy groups -OCH3 is 3. The van der Waals surface area contributed by atoms with E-state index in [2.05, 4.69) is 10.4 Å². The number of amides is 1. The Bertz CT molecular complexity index is 1160. The first-order valence-electron chi connectivity index (χ1n) is 9.58. The van der Waals surface area contributed by atoms with Crippen LogP contribution in [0.3, 0.4) is 0 Å². The van der Waals surface area contributed by atoms with Crippen LogP contribution in [0.4, 0.5) is 0 Å². The fraction of sp³-hybridized carbons (Fsp3) is 0.273. The fourth-order valence-electron chi connectivity index (χ4n) is 3.73. The van der Waals surface area contributed by atoms with Crippen LogP contribution in [0.1, 0.15) is 21.6 Å². The molecule has 0 saturated carbocycles. The molecule has 0 atom stereocenters. The molecule has 0 spiro atoms. The Kier molecular flexibility index (Phi) is 6.09. The van der Waals surface area contributed by atoms with Crippen molar-refractivity contribution in [2.24, 2.45) is 0 Å². The molecule has 0 radical (unpaired) electrons. The predicted octanol–water partition coefficient (Wildman–Crippen LogP) is 4.14. The van der Waals surface area contributed by atoms with Gasteiger partial charge in [-0.15, -0.1) is 0 Å². The molecule has 0 unspecified atom stereocenters. The minimum Gasteiger partial charge on any atom is -0.493 e. The summed E-state index contributed by atoms with van der Waals surface area (Å²) in [6.45, 7) is 0.785. The number of hydrogen-bond acceptors (Lipinski definition) is 5. The molecule has 1 aromatic heterocycles. The topological polar surface area (TPSA) is 74.6 Å². The van der Waals surface area contributed by atoms with E-state index in [1.165, 1.54) is 0 Å². The molecule has 1 aliphatic rings. The standard InChI is InChI=1S/C22H21Cl2N3O4/c1-29-7-6-25-22(28)20-15-8-12-9-18(30-2)19(31-3)11-14(12)21(15)27(26-20)17-10-13(23)4-5-16(17)24/h4-5,9-11H,6-8H2,1-3H3,(H,25,28). The van der Waals surface area contributed by atoms with Gasteiger partial charge in [0, 0.05) is 36.2 Å². The quantitative estimate of drug-likeness (QED) is 0.418. The van der Waals surface area contributed by atoms with E-state index in [9.17, 15) is 4.79 Å². The highest BCUT2D eigenvalue weighted by molar-refractivity contribution is 6.34. The van der Waals surface area contributed by atoms with Gasteiger partial charge in [0.1, 0.15) is 0 Å². The number of fused-ring (bicyclic) bond motifs is 3. The van der Waals surface area contributed by atoms with Crippen molar-refractivity contribution < 1.29 is 19.0 Å². The molecule has 1 N–H and O–H groups in total. The van der Waals surface area contributed by atoms with Crippen LogP contribution in [0, 0.1) is 0 Å². The normalized spacial score (nSPS) is 11.8. The highest BCUT2D eigenvalue weighted by Gasteiger charge is 2.32. The Balaban J connectivity index is 1.91. The first kappa shape index (κ1) is 21.5. The third-order valence-corrected chi connectivity index (χ3v) is 5.71. The van der Waals surface area contributed by atoms with Gasteiger partial charge >= 0.3 is 0 Å². The van der Waals surface area contributed by atoms with Crippen LogP contribution < -0.4 is 14.8 Å². The first-order valence-corrected chi connectivity index (χ1v) is 10.3. The minimum absolute atomic E-state index is 0.281. The van der Waals surface area contributed by atoms with E-state index < -0.39 is 0 Å². The van der Waals surface area contributed by atoms with E-state index in [-0.39, 0.29) is 5.91 Å². The van der Waals surface area contributed by atoms with Gasteiger partial charge in [0.2, 0.25) is 0 Å². The maximum Gasteiger partial charge on any atom is 0.272 e. The average molecular weight is 462 g/mol. The molecule has 1 heterocycles. The molecule has 0 aliphatic heterocycles. The molecule has 1 aliphatic carbocycles. The van der Waals surface area contributed by atoms with Crippen molar-refractivity contribution >= 4 is 29.1 Å². The van der Waals surface area contributed by atoms with Gasteiger partial charge < -0.3 is 19.5 Å². The number of carbonyl (C=O) groups is 1. The van der Waals surface area contributed by atoms with Gasteiger partial charge in [-0.25, -0.2) is 4.68 Å². The Morgan fingerprint density at radius 3 is 2.58 bits per heavy atom. The van der Waals surface area contributed by atoms with Gasteiger partial charge in [0.05, 0.1) is 37.2 Å². The van der Waals surface area contributed by atoms with Gasteiger partial charge in [-0.2, -0.15) is 5.10 Å². The number of hydrogen-bond donors (Lipinski definition) is 1. The van der Waals surface area contributed by atoms with Crippen molar-refractivity contribution in [1.82, 2.24) is 15.1 Å². The van der Waals surface area contributed by atoms with E-state index in [0.29, 0.717) is 52.5 Å². The third-order valence-electron chi connectivity index (χ3n) is 5.16. The van der Waals surface area contributed by atoms with E-state index in [4.69, 9.17) is 37.4 Å². The van der Waals surface area contributed by atoms with Gasteiger partial charge in [-0.3, -0.25) is 4.79 Å². The summed E-state index contributed by atoms with van der Waals surface area (Å²) in [5, 5.41) is 8.45. The third kappa shape index (κ3) is 3.84. The second kappa shape index (κ2) is 8.78. The molecule has 3 aromatic rings. The molecular formula is C22H21Cl2N3O4. The minimum atomic E-state index is -0.281. The number of nitrogens with zero attached hydrogens (tertiary/aromatic N) is 2. The Morgan fingerprint density at radius 1 is 1.13 bits per heavy atom. The number of rotatable bonds is 7. The van der Waals surface area contributed by atoms with Crippen molar-refractivity contribution in [1.29, 1.82) is 0 Å². The lowest BCUT2D eigenvalue weighted by molar-refractivity contribution is 0.0931. The number of halogens is 2. The van der Waals surface area contributed by atoms with Crippen LogP contribution in [0.5, 0.6) is 11.5 Å². The van der Waals surface area contributed by atoms with Crippen LogP contribution >= 0.6 is 23.2 Å². The lowest BCUT2D eigenvalue weighted by Crippen LogP contribution is -2.28. The molecule has 31 heavy (non-hydrogen) atoms. The number of carbonyl (C=O) groups excluding carboxylic acids is 1. The summed E-state index contributed by atoms with van der Waals surface area (Å²) in [6, 6.07) is 8.95. The van der Waals surface area contributed by atoms with E-state index in [1.807, 2.05) is 12.1 Å². The molecule has 9 heteroatoms. The van der Waals surface area contributed by atoms with Crippen molar-refractivity contribution in [2.45, 2.75) is 6.42 Å². The summed E-state index contributed by atoms with van der Waals surface area (Å²) in [5.74, 6) is 0.930. The van der Waals surface area contributed by atoms with Crippen molar-refractivity contribution in [3.8, 4) is 28.4 Å². The van der Waals surface area contributed by atoms with Crippen LogP contribution in [-0.4, -0.2) is 50.2 Å². The number of ether oxygens (including phenoxy) is 3.